The molecule has 0 amide bonds. The topological polar surface area (TPSA) is 97.5 Å². The molecule has 1 aromatic rings. The summed E-state index contributed by atoms with van der Waals surface area (Å²) < 4.78 is 12.4. The zero-order valence-corrected chi connectivity index (χ0v) is 10.1. The first-order chi connectivity index (χ1) is 6.22. The molecule has 0 atom stereocenters. The first-order valence-electron chi connectivity index (χ1n) is 3.45. The van der Waals surface area contributed by atoms with Crippen LogP contribution in [0.5, 0.6) is 0 Å². The molecule has 0 saturated heterocycles. The summed E-state index contributed by atoms with van der Waals surface area (Å²) in [5.41, 5.74) is 8.04. The van der Waals surface area contributed by atoms with E-state index in [-0.39, 0.29) is 46.7 Å². The molecule has 0 saturated carbocycles. The Bertz CT molecular complexity index is 329. The van der Waals surface area contributed by atoms with Crippen LogP contribution >= 0.6 is 0 Å². The number of hydrogen-bond acceptors (Lipinski definition) is 4. The van der Waals surface area contributed by atoms with Gasteiger partial charge in [0.15, 0.2) is 0 Å². The van der Waals surface area contributed by atoms with E-state index in [1.165, 1.54) is 30.6 Å². The van der Waals surface area contributed by atoms with E-state index < -0.39 is 0 Å². The smallest absolute Gasteiger partial charge is 0.870 e. The Kier molecular flexibility index (Phi) is 9.19. The maximum atomic E-state index is 12.4. The fourth-order valence-electron chi connectivity index (χ4n) is 0.672. The Morgan fingerprint density at radius 3 is 2.40 bits per heavy atom. The third kappa shape index (κ3) is 6.19. The van der Waals surface area contributed by atoms with Crippen molar-refractivity contribution in [3.05, 3.63) is 30.1 Å². The van der Waals surface area contributed by atoms with Crippen LogP contribution in [0.25, 0.3) is 0 Å². The number of amidine groups is 1. The number of hydrazone groups is 1. The molecule has 0 heterocycles. The molecule has 0 spiro atoms. The first kappa shape index (κ1) is 16.5. The predicted octanol–water partition coefficient (Wildman–Crippen LogP) is -2.55. The molecule has 7 heteroatoms. The van der Waals surface area contributed by atoms with Crippen molar-refractivity contribution in [2.75, 3.05) is 5.43 Å². The minimum absolute atomic E-state index is 0. The molecule has 1 rings (SSSR count). The van der Waals surface area contributed by atoms with Crippen LogP contribution < -0.4 is 40.7 Å². The second-order valence-corrected chi connectivity index (χ2v) is 2.22. The zero-order valence-electron chi connectivity index (χ0n) is 8.07. The van der Waals surface area contributed by atoms with Gasteiger partial charge in [0.25, 0.3) is 0 Å². The van der Waals surface area contributed by atoms with Gasteiger partial charge in [0.05, 0.1) is 5.69 Å². The van der Waals surface area contributed by atoms with Gasteiger partial charge in [-0.3, -0.25) is 5.43 Å². The second-order valence-electron chi connectivity index (χ2n) is 2.22. The molecule has 0 aliphatic carbocycles. The minimum Gasteiger partial charge on any atom is -0.870 e. The van der Waals surface area contributed by atoms with Gasteiger partial charge in [0.2, 0.25) is 0 Å². The van der Waals surface area contributed by atoms with Crippen LogP contribution in [0.2, 0.25) is 0 Å². The normalized spacial score (nSPS) is 9.53. The minimum atomic E-state index is -0.343. The van der Waals surface area contributed by atoms with Crippen LogP contribution in [0.4, 0.5) is 10.1 Å². The van der Waals surface area contributed by atoms with Gasteiger partial charge in [0.1, 0.15) is 5.82 Å². The standard InChI is InChI=1S/C8H7FN3O.Na.H2O/c9-6-1-3-7(4-2-6)11-12-8(10)5-13;;/h1-4,11H,(H2,10,12);;1H2/q-1;+1;/p-1. The first-order valence-corrected chi connectivity index (χ1v) is 3.45. The quantitative estimate of drug-likeness (QED) is 0.192. The van der Waals surface area contributed by atoms with Gasteiger partial charge in [-0.1, -0.05) is 0 Å². The Hall–Kier alpha value is -0.950. The number of carbonyl (C=O) groups excluding carboxylic acids is 1. The molecule has 4 N–H and O–H groups in total. The van der Waals surface area contributed by atoms with Crippen molar-refractivity contribution in [3.8, 4) is 0 Å². The Morgan fingerprint density at radius 2 is 1.93 bits per heavy atom. The number of halogens is 1. The van der Waals surface area contributed by atoms with Gasteiger partial charge < -0.3 is 16.0 Å². The summed E-state index contributed by atoms with van der Waals surface area (Å²) >= 11 is 0. The number of nitrogens with two attached hydrogens (primary N) is 1. The third-order valence-corrected chi connectivity index (χ3v) is 1.25. The Balaban J connectivity index is 0. The average Bonchev–Trinajstić information content (AvgIpc) is 2.16. The Morgan fingerprint density at radius 1 is 1.40 bits per heavy atom. The van der Waals surface area contributed by atoms with Crippen LogP contribution in [-0.2, 0) is 4.79 Å². The van der Waals surface area contributed by atoms with E-state index >= 15 is 0 Å². The fourth-order valence-corrected chi connectivity index (χ4v) is 0.672. The van der Waals surface area contributed by atoms with Crippen molar-refractivity contribution in [1.82, 2.24) is 0 Å². The number of rotatable bonds is 3. The third-order valence-electron chi connectivity index (χ3n) is 1.25. The maximum absolute atomic E-state index is 12.4. The van der Waals surface area contributed by atoms with Crippen LogP contribution in [0.3, 0.4) is 0 Å². The largest absolute Gasteiger partial charge is 1.00 e. The van der Waals surface area contributed by atoms with E-state index in [9.17, 15) is 9.18 Å². The van der Waals surface area contributed by atoms with Crippen molar-refractivity contribution < 1.29 is 44.2 Å². The molecule has 15 heavy (non-hydrogen) atoms. The van der Waals surface area contributed by atoms with Gasteiger partial charge in [-0.2, -0.15) is 11.4 Å². The van der Waals surface area contributed by atoms with Gasteiger partial charge in [-0.05, 0) is 30.1 Å². The molecular formula is C8H8FN3NaO2-. The van der Waals surface area contributed by atoms with E-state index in [2.05, 4.69) is 10.5 Å². The van der Waals surface area contributed by atoms with Gasteiger partial charge >= 0.3 is 29.6 Å². The van der Waals surface area contributed by atoms with E-state index in [0.29, 0.717) is 5.69 Å². The fraction of sp³-hybridized carbons (Fsp3) is 0. The van der Waals surface area contributed by atoms with Crippen molar-refractivity contribution in [3.63, 3.8) is 0 Å². The van der Waals surface area contributed by atoms with Crippen LogP contribution in [0.1, 0.15) is 0 Å². The molecule has 0 aliphatic rings. The molecule has 0 fully saturated rings. The summed E-state index contributed by atoms with van der Waals surface area (Å²) in [6.07, 6.45) is 1.39. The van der Waals surface area contributed by atoms with E-state index in [1.54, 1.807) is 0 Å². The maximum Gasteiger partial charge on any atom is 1.00 e. The van der Waals surface area contributed by atoms with E-state index in [0.717, 1.165) is 0 Å². The summed E-state index contributed by atoms with van der Waals surface area (Å²) in [5, 5.41) is 3.44. The SMILES string of the molecule is N/C([C-]=O)=N\Nc1ccc(F)cc1.[Na+].[OH-]. The number of nitrogens with zero attached hydrogens (tertiary/aromatic N) is 1. The van der Waals surface area contributed by atoms with Crippen molar-refractivity contribution in [2.24, 2.45) is 10.8 Å². The molecule has 0 aliphatic heterocycles. The molecule has 76 valence electrons. The Labute approximate surface area is 108 Å². The number of anilines is 1. The summed E-state index contributed by atoms with van der Waals surface area (Å²) in [6.45, 7) is 0. The van der Waals surface area contributed by atoms with Gasteiger partial charge in [0, 0.05) is 0 Å². The average molecular weight is 220 g/mol. The summed E-state index contributed by atoms with van der Waals surface area (Å²) in [4.78, 5) is 9.90. The summed E-state index contributed by atoms with van der Waals surface area (Å²) in [6, 6.07) is 5.46. The molecule has 0 aromatic heterocycles. The van der Waals surface area contributed by atoms with E-state index in [4.69, 9.17) is 5.73 Å². The van der Waals surface area contributed by atoms with Crippen molar-refractivity contribution >= 4 is 17.8 Å². The van der Waals surface area contributed by atoms with Gasteiger partial charge in [-0.15, -0.1) is 0 Å². The zero-order chi connectivity index (χ0) is 9.68. The van der Waals surface area contributed by atoms with Crippen molar-refractivity contribution in [2.45, 2.75) is 0 Å². The molecule has 0 bridgehead atoms. The predicted molar refractivity (Wildman–Crippen MR) is 49.3 cm³/mol. The molecule has 1 aromatic carbocycles. The molecular weight excluding hydrogens is 212 g/mol. The monoisotopic (exact) mass is 220 g/mol. The number of nitrogens with one attached hydrogen (secondary N) is 1. The van der Waals surface area contributed by atoms with Crippen LogP contribution in [0.15, 0.2) is 29.4 Å². The van der Waals surface area contributed by atoms with Gasteiger partial charge in [-0.25, -0.2) is 4.39 Å². The van der Waals surface area contributed by atoms with Crippen molar-refractivity contribution in [1.29, 1.82) is 0 Å². The van der Waals surface area contributed by atoms with Crippen LogP contribution in [-0.4, -0.2) is 17.6 Å². The van der Waals surface area contributed by atoms with E-state index in [1.807, 2.05) is 0 Å². The molecule has 5 nitrogen and oxygen atoms in total. The van der Waals surface area contributed by atoms with Crippen LogP contribution in [0, 0.1) is 5.82 Å². The summed E-state index contributed by atoms with van der Waals surface area (Å²) in [5.74, 6) is -0.631. The molecule has 0 unspecified atom stereocenters. The molecule has 0 radical (unpaired) electrons. The number of benzene rings is 1. The number of hydrogen-bond donors (Lipinski definition) is 2. The summed E-state index contributed by atoms with van der Waals surface area (Å²) in [7, 11) is 0. The second kappa shape index (κ2) is 8.37.